The first-order valence-electron chi connectivity index (χ1n) is 0.655. The zero-order valence-corrected chi connectivity index (χ0v) is 5.42. The van der Waals surface area contributed by atoms with Crippen molar-refractivity contribution in [3.8, 4) is 0 Å². The van der Waals surface area contributed by atoms with E-state index in [4.69, 9.17) is 0 Å². The largest absolute Gasteiger partial charge is 0.379 e. The van der Waals surface area contributed by atoms with Crippen LogP contribution in [-0.4, -0.2) is 6.68 Å². The first-order valence-corrected chi connectivity index (χ1v) is 0.655. The predicted octanol–water partition coefficient (Wildman–Crippen LogP) is 1.18. The van der Waals surface area contributed by atoms with Gasteiger partial charge >= 0.3 is 6.68 Å². The van der Waals surface area contributed by atoms with Gasteiger partial charge in [0.05, 0.1) is 0 Å². The van der Waals surface area contributed by atoms with Gasteiger partial charge < -0.3 is 0 Å². The summed E-state index contributed by atoms with van der Waals surface area (Å²) in [5.41, 5.74) is 0. The molecule has 0 N–H and O–H groups in total. The third-order valence-electron chi connectivity index (χ3n) is 0. The molecule has 0 saturated heterocycles. The quantitative estimate of drug-likeness (QED) is 0.568. The fourth-order valence-electron chi connectivity index (χ4n) is 0. The molecule has 0 unspecified atom stereocenters. The molecule has 0 spiro atoms. The summed E-state index contributed by atoms with van der Waals surface area (Å²) in [6.07, 6.45) is 0. The molecule has 0 atom stereocenters. The molecule has 0 aliphatic rings. The van der Waals surface area contributed by atoms with Gasteiger partial charge in [-0.05, 0) is 0 Å². The van der Waals surface area contributed by atoms with Crippen molar-refractivity contribution in [2.24, 2.45) is 0 Å². The standard InChI is InChI=1S/CHF3.Nd/c2-1(3)4;/h1H;. The van der Waals surface area contributed by atoms with Crippen molar-refractivity contribution in [2.45, 2.75) is 6.68 Å². The molecule has 30 valence electrons. The Balaban J connectivity index is 0. The molecule has 0 nitrogen and oxygen atoms in total. The van der Waals surface area contributed by atoms with Crippen LogP contribution in [0.1, 0.15) is 0 Å². The summed E-state index contributed by atoms with van der Waals surface area (Å²) in [5.74, 6) is 0. The van der Waals surface area contributed by atoms with Crippen LogP contribution in [0, 0.1) is 40.8 Å². The van der Waals surface area contributed by atoms with Crippen LogP contribution in [0.2, 0.25) is 0 Å². The fraction of sp³-hybridized carbons (Fsp3) is 1.00. The first kappa shape index (κ1) is 9.46. The molecular formula is CHF3Nd. The van der Waals surface area contributed by atoms with Crippen molar-refractivity contribution >= 4 is 0 Å². The number of hydrogen-bond donors (Lipinski definition) is 0. The minimum absolute atomic E-state index is 0. The summed E-state index contributed by atoms with van der Waals surface area (Å²) in [6.45, 7) is -3.67. The van der Waals surface area contributed by atoms with Crippen molar-refractivity contribution in [3.05, 3.63) is 0 Å². The molecule has 0 aromatic carbocycles. The summed E-state index contributed by atoms with van der Waals surface area (Å²) in [5, 5.41) is 0. The van der Waals surface area contributed by atoms with Crippen molar-refractivity contribution in [3.63, 3.8) is 0 Å². The van der Waals surface area contributed by atoms with Crippen molar-refractivity contribution < 1.29 is 54.0 Å². The van der Waals surface area contributed by atoms with E-state index >= 15 is 0 Å². The molecule has 0 fully saturated rings. The molecule has 0 amide bonds. The second-order valence-electron chi connectivity index (χ2n) is 0.247. The van der Waals surface area contributed by atoms with E-state index in [2.05, 4.69) is 0 Å². The third kappa shape index (κ3) is 39.0. The molecule has 0 aromatic rings. The Bertz CT molecular complexity index is 11.6. The fourth-order valence-corrected chi connectivity index (χ4v) is 0. The van der Waals surface area contributed by atoms with Gasteiger partial charge in [-0.2, -0.15) is 13.2 Å². The van der Waals surface area contributed by atoms with Crippen LogP contribution in [0.5, 0.6) is 0 Å². The minimum Gasteiger partial charge on any atom is -0.174 e. The van der Waals surface area contributed by atoms with Gasteiger partial charge in [0.25, 0.3) is 0 Å². The van der Waals surface area contributed by atoms with Crippen LogP contribution in [0.3, 0.4) is 0 Å². The van der Waals surface area contributed by atoms with E-state index in [1.165, 1.54) is 0 Å². The number of rotatable bonds is 0. The van der Waals surface area contributed by atoms with Crippen LogP contribution in [-0.2, 0) is 0 Å². The number of halogens is 3. The molecule has 0 radical (unpaired) electrons. The molecule has 0 rings (SSSR count). The van der Waals surface area contributed by atoms with Gasteiger partial charge in [0.1, 0.15) is 0 Å². The normalized spacial score (nSPS) is 7.20. The monoisotopic (exact) mass is 212 g/mol. The maximum absolute atomic E-state index is 9.67. The Morgan fingerprint density at radius 1 is 1.00 bits per heavy atom. The van der Waals surface area contributed by atoms with Crippen LogP contribution in [0.25, 0.3) is 0 Å². The van der Waals surface area contributed by atoms with Gasteiger partial charge in [0.15, 0.2) is 0 Å². The van der Waals surface area contributed by atoms with Gasteiger partial charge in [-0.15, -0.1) is 0 Å². The van der Waals surface area contributed by atoms with Crippen molar-refractivity contribution in [1.29, 1.82) is 0 Å². The zero-order valence-electron chi connectivity index (χ0n) is 2.21. The van der Waals surface area contributed by atoms with Crippen LogP contribution in [0.4, 0.5) is 13.2 Å². The molecule has 0 aliphatic heterocycles. The van der Waals surface area contributed by atoms with E-state index in [9.17, 15) is 13.2 Å². The summed E-state index contributed by atoms with van der Waals surface area (Å²) in [7, 11) is 0. The number of hydrogen-bond acceptors (Lipinski definition) is 0. The van der Waals surface area contributed by atoms with Crippen molar-refractivity contribution in [2.75, 3.05) is 0 Å². The van der Waals surface area contributed by atoms with Crippen LogP contribution >= 0.6 is 0 Å². The topological polar surface area (TPSA) is 0 Å². The molecule has 5 heavy (non-hydrogen) atoms. The smallest absolute Gasteiger partial charge is 0.174 e. The molecule has 0 saturated carbocycles. The maximum Gasteiger partial charge on any atom is 0.379 e. The van der Waals surface area contributed by atoms with Gasteiger partial charge in [0, 0.05) is 40.8 Å². The molecular weight excluding hydrogens is 213 g/mol. The van der Waals surface area contributed by atoms with E-state index in [1.807, 2.05) is 0 Å². The van der Waals surface area contributed by atoms with Gasteiger partial charge in [0.2, 0.25) is 0 Å². The molecule has 0 bridgehead atoms. The SMILES string of the molecule is FC(F)F.[Nd]. The van der Waals surface area contributed by atoms with Gasteiger partial charge in [-0.3, -0.25) is 0 Å². The molecule has 0 aromatic heterocycles. The predicted molar refractivity (Wildman–Crippen MR) is 7.11 cm³/mol. The van der Waals surface area contributed by atoms with Gasteiger partial charge in [-0.1, -0.05) is 0 Å². The second kappa shape index (κ2) is 5.14. The van der Waals surface area contributed by atoms with Crippen LogP contribution in [0.15, 0.2) is 0 Å². The van der Waals surface area contributed by atoms with Crippen LogP contribution < -0.4 is 0 Å². The van der Waals surface area contributed by atoms with E-state index in [0.29, 0.717) is 0 Å². The molecule has 4 heteroatoms. The van der Waals surface area contributed by atoms with Gasteiger partial charge in [-0.25, -0.2) is 0 Å². The van der Waals surface area contributed by atoms with E-state index < -0.39 is 6.68 Å². The Hall–Kier alpha value is 1.14. The second-order valence-corrected chi connectivity index (χ2v) is 0.247. The van der Waals surface area contributed by atoms with E-state index in [0.717, 1.165) is 0 Å². The summed E-state index contributed by atoms with van der Waals surface area (Å²) in [6, 6.07) is 0. The summed E-state index contributed by atoms with van der Waals surface area (Å²) < 4.78 is 29.0. The minimum atomic E-state index is -3.67. The first-order chi connectivity index (χ1) is 1.73. The summed E-state index contributed by atoms with van der Waals surface area (Å²) in [4.78, 5) is 0. The molecule has 0 heterocycles. The summed E-state index contributed by atoms with van der Waals surface area (Å²) >= 11 is 0. The Morgan fingerprint density at radius 2 is 1.00 bits per heavy atom. The zero-order chi connectivity index (χ0) is 3.58. The maximum atomic E-state index is 9.67. The average molecular weight is 214 g/mol. The Kier molecular flexibility index (Phi) is 9.73. The Labute approximate surface area is 60.3 Å². The Morgan fingerprint density at radius 3 is 1.00 bits per heavy atom. The average Bonchev–Trinajstić information content (AvgIpc) is 0.811. The molecule has 0 aliphatic carbocycles. The van der Waals surface area contributed by atoms with Crippen molar-refractivity contribution in [1.82, 2.24) is 0 Å². The van der Waals surface area contributed by atoms with E-state index in [1.54, 1.807) is 0 Å². The van der Waals surface area contributed by atoms with E-state index in [-0.39, 0.29) is 40.8 Å². The third-order valence-corrected chi connectivity index (χ3v) is 0. The number of alkyl halides is 3.